The molecule has 0 saturated heterocycles. The van der Waals surface area contributed by atoms with Crippen molar-refractivity contribution in [2.75, 3.05) is 0 Å². The minimum atomic E-state index is 1.17. The highest BCUT2D eigenvalue weighted by molar-refractivity contribution is 5.18. The van der Waals surface area contributed by atoms with Gasteiger partial charge in [-0.05, 0) is 56.2 Å². The van der Waals surface area contributed by atoms with Gasteiger partial charge in [-0.15, -0.1) is 0 Å². The van der Waals surface area contributed by atoms with Crippen LogP contribution in [0, 0.1) is 0 Å². The van der Waals surface area contributed by atoms with Gasteiger partial charge in [0, 0.05) is 17.9 Å². The molecule has 0 amide bonds. The fourth-order valence-corrected chi connectivity index (χ4v) is 3.48. The van der Waals surface area contributed by atoms with Crippen molar-refractivity contribution in [2.45, 2.75) is 84.6 Å². The number of unbranched alkanes of at least 4 members (excludes halogenated alkanes) is 4. The molecule has 1 aromatic carbocycles. The summed E-state index contributed by atoms with van der Waals surface area (Å²) in [6, 6.07) is 15.7. The molecule has 0 bridgehead atoms. The van der Waals surface area contributed by atoms with Crippen molar-refractivity contribution < 1.29 is 0 Å². The van der Waals surface area contributed by atoms with Crippen molar-refractivity contribution in [2.24, 2.45) is 0 Å². The molecule has 1 heteroatoms. The fraction of sp³-hybridized carbons (Fsp3) is 0.565. The van der Waals surface area contributed by atoms with Crippen LogP contribution in [0.4, 0.5) is 0 Å². The van der Waals surface area contributed by atoms with Gasteiger partial charge in [-0.1, -0.05) is 69.9 Å². The molecule has 1 aromatic heterocycles. The second-order valence-corrected chi connectivity index (χ2v) is 6.97. The zero-order valence-electron chi connectivity index (χ0n) is 15.8. The second-order valence-electron chi connectivity index (χ2n) is 6.97. The predicted octanol–water partition coefficient (Wildman–Crippen LogP) is 6.59. The molecule has 1 heterocycles. The molecule has 0 radical (unpaired) electrons. The van der Waals surface area contributed by atoms with E-state index in [0.717, 1.165) is 0 Å². The number of hydrogen-bond donors (Lipinski definition) is 0. The van der Waals surface area contributed by atoms with E-state index in [1.165, 1.54) is 76.3 Å². The predicted molar refractivity (Wildman–Crippen MR) is 106 cm³/mol. The molecular formula is C23H35N. The average Bonchev–Trinajstić information content (AvgIpc) is 2.99. The van der Waals surface area contributed by atoms with Crippen LogP contribution in [0.5, 0.6) is 0 Å². The Morgan fingerprint density at radius 3 is 1.75 bits per heavy atom. The molecule has 0 aliphatic carbocycles. The Balaban J connectivity index is 1.95. The first kappa shape index (κ1) is 18.8. The smallest absolute Gasteiger partial charge is 0.0228 e. The third kappa shape index (κ3) is 6.19. The molecule has 132 valence electrons. The summed E-state index contributed by atoms with van der Waals surface area (Å²) in [4.78, 5) is 0. The van der Waals surface area contributed by atoms with Crippen LogP contribution in [0.25, 0.3) is 0 Å². The zero-order valence-corrected chi connectivity index (χ0v) is 15.8. The third-order valence-corrected chi connectivity index (χ3v) is 4.92. The SMILES string of the molecule is CCCCCc1ccc(CCCCC)n1CCCc1ccccc1. The highest BCUT2D eigenvalue weighted by atomic mass is 15.0. The van der Waals surface area contributed by atoms with Crippen LogP contribution in [0.1, 0.15) is 75.7 Å². The minimum Gasteiger partial charge on any atom is -0.349 e. The van der Waals surface area contributed by atoms with Crippen LogP contribution in [0.2, 0.25) is 0 Å². The number of aromatic nitrogens is 1. The van der Waals surface area contributed by atoms with Gasteiger partial charge in [-0.2, -0.15) is 0 Å². The van der Waals surface area contributed by atoms with E-state index in [0.29, 0.717) is 0 Å². The van der Waals surface area contributed by atoms with Crippen molar-refractivity contribution in [3.8, 4) is 0 Å². The van der Waals surface area contributed by atoms with Crippen molar-refractivity contribution >= 4 is 0 Å². The first-order chi connectivity index (χ1) is 11.8. The van der Waals surface area contributed by atoms with Crippen LogP contribution in [0.15, 0.2) is 42.5 Å². The Morgan fingerprint density at radius 2 is 1.21 bits per heavy atom. The number of benzene rings is 1. The van der Waals surface area contributed by atoms with E-state index in [1.807, 2.05) is 0 Å². The molecular weight excluding hydrogens is 290 g/mol. The molecule has 0 spiro atoms. The first-order valence-electron chi connectivity index (χ1n) is 10.1. The Morgan fingerprint density at radius 1 is 0.625 bits per heavy atom. The lowest BCUT2D eigenvalue weighted by molar-refractivity contribution is 0.570. The number of aryl methyl sites for hydroxylation is 3. The van der Waals surface area contributed by atoms with Gasteiger partial charge < -0.3 is 4.57 Å². The Hall–Kier alpha value is -1.50. The van der Waals surface area contributed by atoms with E-state index >= 15 is 0 Å². The van der Waals surface area contributed by atoms with Gasteiger partial charge in [0.15, 0.2) is 0 Å². The Labute approximate surface area is 149 Å². The summed E-state index contributed by atoms with van der Waals surface area (Å²) < 4.78 is 2.63. The maximum Gasteiger partial charge on any atom is 0.0228 e. The number of rotatable bonds is 12. The van der Waals surface area contributed by atoms with Gasteiger partial charge in [0.25, 0.3) is 0 Å². The largest absolute Gasteiger partial charge is 0.349 e. The fourth-order valence-electron chi connectivity index (χ4n) is 3.48. The van der Waals surface area contributed by atoms with E-state index < -0.39 is 0 Å². The second kappa shape index (κ2) is 11.1. The van der Waals surface area contributed by atoms with Gasteiger partial charge in [0.2, 0.25) is 0 Å². The van der Waals surface area contributed by atoms with Crippen LogP contribution in [0.3, 0.4) is 0 Å². The molecule has 2 rings (SSSR count). The molecule has 0 saturated carbocycles. The number of nitrogens with zero attached hydrogens (tertiary/aromatic N) is 1. The summed E-state index contributed by atoms with van der Waals surface area (Å²) in [5.41, 5.74) is 4.58. The molecule has 0 fully saturated rings. The van der Waals surface area contributed by atoms with Crippen molar-refractivity contribution in [3.05, 3.63) is 59.4 Å². The molecule has 24 heavy (non-hydrogen) atoms. The normalized spacial score (nSPS) is 11.1. The summed E-state index contributed by atoms with van der Waals surface area (Å²) >= 11 is 0. The van der Waals surface area contributed by atoms with Crippen LogP contribution >= 0.6 is 0 Å². The van der Waals surface area contributed by atoms with E-state index in [4.69, 9.17) is 0 Å². The van der Waals surface area contributed by atoms with E-state index in [1.54, 1.807) is 11.4 Å². The highest BCUT2D eigenvalue weighted by Gasteiger charge is 2.08. The van der Waals surface area contributed by atoms with Gasteiger partial charge in [0.1, 0.15) is 0 Å². The zero-order chi connectivity index (χ0) is 17.0. The van der Waals surface area contributed by atoms with E-state index in [2.05, 4.69) is 60.9 Å². The summed E-state index contributed by atoms with van der Waals surface area (Å²) in [6.07, 6.45) is 12.9. The number of hydrogen-bond acceptors (Lipinski definition) is 0. The molecule has 0 aliphatic heterocycles. The summed E-state index contributed by atoms with van der Waals surface area (Å²) in [5.74, 6) is 0. The average molecular weight is 326 g/mol. The van der Waals surface area contributed by atoms with Crippen molar-refractivity contribution in [1.29, 1.82) is 0 Å². The monoisotopic (exact) mass is 325 g/mol. The summed E-state index contributed by atoms with van der Waals surface area (Å²) in [5, 5.41) is 0. The van der Waals surface area contributed by atoms with Gasteiger partial charge >= 0.3 is 0 Å². The van der Waals surface area contributed by atoms with Crippen LogP contribution in [-0.2, 0) is 25.8 Å². The topological polar surface area (TPSA) is 4.93 Å². The van der Waals surface area contributed by atoms with E-state index in [-0.39, 0.29) is 0 Å². The molecule has 0 aliphatic rings. The quantitative estimate of drug-likeness (QED) is 0.388. The lowest BCUT2D eigenvalue weighted by Crippen LogP contribution is -2.08. The molecule has 0 atom stereocenters. The molecule has 2 aromatic rings. The summed E-state index contributed by atoms with van der Waals surface area (Å²) in [6.45, 7) is 5.75. The lowest BCUT2D eigenvalue weighted by Gasteiger charge is -2.14. The third-order valence-electron chi connectivity index (χ3n) is 4.92. The highest BCUT2D eigenvalue weighted by Crippen LogP contribution is 2.17. The lowest BCUT2D eigenvalue weighted by atomic mass is 10.1. The molecule has 1 nitrogen and oxygen atoms in total. The molecule has 0 unspecified atom stereocenters. The first-order valence-corrected chi connectivity index (χ1v) is 10.1. The van der Waals surface area contributed by atoms with Crippen LogP contribution < -0.4 is 0 Å². The maximum absolute atomic E-state index is 2.63. The van der Waals surface area contributed by atoms with Crippen molar-refractivity contribution in [3.63, 3.8) is 0 Å². The molecule has 0 N–H and O–H groups in total. The van der Waals surface area contributed by atoms with Gasteiger partial charge in [-0.25, -0.2) is 0 Å². The van der Waals surface area contributed by atoms with E-state index in [9.17, 15) is 0 Å². The van der Waals surface area contributed by atoms with Gasteiger partial charge in [0.05, 0.1) is 0 Å². The minimum absolute atomic E-state index is 1.17. The Bertz CT molecular complexity index is 525. The maximum atomic E-state index is 2.63. The van der Waals surface area contributed by atoms with Crippen molar-refractivity contribution in [1.82, 2.24) is 4.57 Å². The standard InChI is InChI=1S/C23H35N/c1-3-5-8-16-22-18-19-23(17-9-6-4-2)24(22)20-12-15-21-13-10-7-11-14-21/h7,10-11,13-14,18-19H,3-6,8-9,12,15-17,20H2,1-2H3. The van der Waals surface area contributed by atoms with Crippen LogP contribution in [-0.4, -0.2) is 4.57 Å². The Kier molecular flexibility index (Phi) is 8.73. The summed E-state index contributed by atoms with van der Waals surface area (Å²) in [7, 11) is 0. The van der Waals surface area contributed by atoms with Gasteiger partial charge in [-0.3, -0.25) is 0 Å².